The molecule has 1 saturated heterocycles. The van der Waals surface area contributed by atoms with E-state index in [0.717, 1.165) is 0 Å². The Morgan fingerprint density at radius 1 is 0.881 bits per heavy atom. The maximum atomic E-state index is 15.5. The van der Waals surface area contributed by atoms with Crippen molar-refractivity contribution in [2.45, 2.75) is 126 Å². The van der Waals surface area contributed by atoms with Crippen LogP contribution in [0.25, 0.3) is 22.3 Å². The number of benzene rings is 2. The van der Waals surface area contributed by atoms with Crippen molar-refractivity contribution in [1.82, 2.24) is 46.8 Å². The largest absolute Gasteiger partial charge is 0.458 e. The van der Waals surface area contributed by atoms with Crippen LogP contribution in [0.1, 0.15) is 84.0 Å². The van der Waals surface area contributed by atoms with Crippen LogP contribution in [0.15, 0.2) is 47.3 Å². The monoisotopic (exact) mass is 1170 g/mol. The standard InChI is InChI=1S/C55H66FN11O17/c1-3-55(81)30-14-36-47-28(21-67(36)53(79)29(30)23-82-54(55)80)46-33(11-9-27-25(2)31(56)15-34(65-47)45(27)46)66-52(78)39(22-68)83-24-63-43(72)19-62-51(77)35(13-26-7-5-4-6-8-26)64-44(73)20-60-42(71)18-61-50(76)32(57)10-12-41(70)59-17-38-49(75)48(74)37(84-38)16-40(58)69/h4-8,14-15,32-33,35,37-39,48-49,68,74-75,81H,3,9-13,16-24,57H2,1-2H3,(H2,58,69)(H,59,70)(H,60,71)(H,61,76)(H,62,77)(H,63,72)(H,64,73)(H,66,78)/t32-,33-,35-,37-,38+,39+,48-,49+,55-/m0/s1. The van der Waals surface area contributed by atoms with Gasteiger partial charge in [-0.15, -0.1) is 0 Å². The van der Waals surface area contributed by atoms with Crippen LogP contribution in [-0.4, -0.2) is 165 Å². The number of aliphatic hydroxyl groups is 4. The molecular weight excluding hydrogens is 1110 g/mol. The van der Waals surface area contributed by atoms with Crippen LogP contribution in [0, 0.1) is 12.7 Å². The summed E-state index contributed by atoms with van der Waals surface area (Å²) in [6, 6.07) is 8.05. The molecule has 2 aromatic heterocycles. The highest BCUT2D eigenvalue weighted by molar-refractivity contribution is 5.95. The smallest absolute Gasteiger partial charge is 0.343 e. The molecular formula is C55H66FN11O17. The first-order valence-corrected chi connectivity index (χ1v) is 27.1. The molecule has 1 fully saturated rings. The number of pyridine rings is 2. The van der Waals surface area contributed by atoms with Crippen molar-refractivity contribution in [1.29, 1.82) is 0 Å². The lowest BCUT2D eigenvalue weighted by molar-refractivity contribution is -0.172. The molecule has 15 N–H and O–H groups in total. The Balaban J connectivity index is 0.804. The lowest BCUT2D eigenvalue weighted by Crippen LogP contribution is -2.52. The number of cyclic esters (lactones) is 1. The van der Waals surface area contributed by atoms with Crippen LogP contribution >= 0.6 is 0 Å². The van der Waals surface area contributed by atoms with Crippen LogP contribution in [0.5, 0.6) is 0 Å². The number of amides is 8. The summed E-state index contributed by atoms with van der Waals surface area (Å²) in [5.41, 5.74) is 12.2. The molecule has 3 aliphatic heterocycles. The first-order valence-electron chi connectivity index (χ1n) is 27.1. The molecule has 4 aromatic rings. The number of carbonyl (C=O) groups is 9. The number of aryl methyl sites for hydroxylation is 1. The molecule has 8 rings (SSSR count). The van der Waals surface area contributed by atoms with Gasteiger partial charge < -0.3 is 87.9 Å². The molecule has 0 unspecified atom stereocenters. The Bertz CT molecular complexity index is 3330. The molecule has 5 heterocycles. The van der Waals surface area contributed by atoms with Gasteiger partial charge in [-0.05, 0) is 60.9 Å². The number of primary amides is 1. The number of ether oxygens (including phenoxy) is 3. The van der Waals surface area contributed by atoms with Crippen LogP contribution in [-0.2, 0) is 89.0 Å². The molecule has 9 atom stereocenters. The lowest BCUT2D eigenvalue weighted by Gasteiger charge is -2.31. The predicted octanol–water partition coefficient (Wildman–Crippen LogP) is -4.25. The number of fused-ring (bicyclic) bond motifs is 5. The fraction of sp³-hybridized carbons (Fsp3) is 0.473. The molecule has 84 heavy (non-hydrogen) atoms. The Labute approximate surface area is 477 Å². The zero-order chi connectivity index (χ0) is 60.7. The quantitative estimate of drug-likeness (QED) is 0.0194. The Morgan fingerprint density at radius 2 is 1.57 bits per heavy atom. The lowest BCUT2D eigenvalue weighted by atomic mass is 9.81. The highest BCUT2D eigenvalue weighted by Crippen LogP contribution is 2.46. The molecule has 4 aliphatic rings. The predicted molar refractivity (Wildman–Crippen MR) is 289 cm³/mol. The Morgan fingerprint density at radius 3 is 2.27 bits per heavy atom. The van der Waals surface area contributed by atoms with E-state index in [2.05, 4.69) is 37.2 Å². The van der Waals surface area contributed by atoms with E-state index < -0.39 is 152 Å². The number of hydrogen-bond acceptors (Lipinski definition) is 19. The number of aromatic nitrogens is 2. The van der Waals surface area contributed by atoms with Crippen molar-refractivity contribution in [3.63, 3.8) is 0 Å². The van der Waals surface area contributed by atoms with Gasteiger partial charge in [0.15, 0.2) is 11.7 Å². The summed E-state index contributed by atoms with van der Waals surface area (Å²) >= 11 is 0. The minimum absolute atomic E-state index is 0.0171. The molecule has 450 valence electrons. The molecule has 2 aromatic carbocycles. The maximum absolute atomic E-state index is 15.5. The number of esters is 1. The van der Waals surface area contributed by atoms with Crippen LogP contribution in [0.2, 0.25) is 0 Å². The fourth-order valence-electron chi connectivity index (χ4n) is 10.7. The summed E-state index contributed by atoms with van der Waals surface area (Å²) in [7, 11) is 0. The van der Waals surface area contributed by atoms with Crippen LogP contribution < -0.4 is 54.2 Å². The topological polar surface area (TPSA) is 433 Å². The fourth-order valence-corrected chi connectivity index (χ4v) is 10.7. The molecule has 28 nitrogen and oxygen atoms in total. The van der Waals surface area contributed by atoms with E-state index in [9.17, 15) is 68.4 Å². The Hall–Kier alpha value is -8.32. The van der Waals surface area contributed by atoms with Gasteiger partial charge in [0.25, 0.3) is 11.5 Å². The van der Waals surface area contributed by atoms with E-state index in [1.54, 1.807) is 44.2 Å². The van der Waals surface area contributed by atoms with Gasteiger partial charge in [-0.1, -0.05) is 37.3 Å². The summed E-state index contributed by atoms with van der Waals surface area (Å²) in [5.74, 6) is -7.51. The second kappa shape index (κ2) is 26.5. The number of hydrogen-bond donors (Lipinski definition) is 13. The summed E-state index contributed by atoms with van der Waals surface area (Å²) < 4.78 is 33.1. The molecule has 0 saturated carbocycles. The summed E-state index contributed by atoms with van der Waals surface area (Å²) in [4.78, 5) is 134. The average molecular weight is 1170 g/mol. The van der Waals surface area contributed by atoms with Gasteiger partial charge in [-0.3, -0.25) is 43.2 Å². The number of carbonyl (C=O) groups excluding carboxylic acids is 9. The van der Waals surface area contributed by atoms with Gasteiger partial charge >= 0.3 is 5.97 Å². The van der Waals surface area contributed by atoms with Gasteiger partial charge in [0.05, 0.1) is 79.9 Å². The molecule has 29 heteroatoms. The zero-order valence-electron chi connectivity index (χ0n) is 45.8. The maximum Gasteiger partial charge on any atom is 0.343 e. The van der Waals surface area contributed by atoms with Crippen molar-refractivity contribution in [3.05, 3.63) is 97.6 Å². The third kappa shape index (κ3) is 13.5. The van der Waals surface area contributed by atoms with Crippen molar-refractivity contribution in [2.24, 2.45) is 11.5 Å². The molecule has 8 amide bonds. The van der Waals surface area contributed by atoms with Crippen molar-refractivity contribution >= 4 is 64.1 Å². The van der Waals surface area contributed by atoms with E-state index in [1.807, 2.05) is 0 Å². The first kappa shape index (κ1) is 61.7. The van der Waals surface area contributed by atoms with E-state index in [0.29, 0.717) is 39.6 Å². The highest BCUT2D eigenvalue weighted by atomic mass is 19.1. The number of rotatable bonds is 25. The van der Waals surface area contributed by atoms with Crippen molar-refractivity contribution in [2.75, 3.05) is 39.5 Å². The van der Waals surface area contributed by atoms with Crippen LogP contribution in [0.3, 0.4) is 0 Å². The van der Waals surface area contributed by atoms with Crippen LogP contribution in [0.4, 0.5) is 4.39 Å². The summed E-state index contributed by atoms with van der Waals surface area (Å²) in [5, 5.41) is 59.9. The third-order valence-corrected chi connectivity index (χ3v) is 15.3. The normalized spacial score (nSPS) is 21.1. The van der Waals surface area contributed by atoms with E-state index in [4.69, 9.17) is 30.7 Å². The second-order valence-corrected chi connectivity index (χ2v) is 20.8. The van der Waals surface area contributed by atoms with Gasteiger partial charge in [0, 0.05) is 42.0 Å². The number of nitrogens with two attached hydrogens (primary N) is 2. The minimum Gasteiger partial charge on any atom is -0.458 e. The molecule has 1 aliphatic carbocycles. The first-order chi connectivity index (χ1) is 40.0. The van der Waals surface area contributed by atoms with E-state index >= 15 is 4.39 Å². The SMILES string of the molecule is CC[C@@]1(O)C(=O)OCc2c1cc1n(c2=O)Cc2c-1nc1cc(F)c(C)c3c1c2[C@@H](NC(=O)[C@@H](CO)OCNC(=O)CNC(=O)[C@H](Cc1ccccc1)NC(=O)CNC(=O)CNC(=O)[C@@H](N)CCC(=O)NC[C@H]1O[C@@H](CC(N)=O)[C@H](O)[C@@H]1O)CC3. The average Bonchev–Trinajstić information content (AvgIpc) is 1.69. The second-order valence-electron chi connectivity index (χ2n) is 20.8. The molecule has 0 bridgehead atoms. The number of nitrogens with zero attached hydrogens (tertiary/aromatic N) is 2. The number of halogens is 1. The van der Waals surface area contributed by atoms with E-state index in [-0.39, 0.29) is 86.3 Å². The number of aliphatic hydroxyl groups excluding tert-OH is 3. The van der Waals surface area contributed by atoms with Gasteiger partial charge in [-0.25, -0.2) is 14.2 Å². The summed E-state index contributed by atoms with van der Waals surface area (Å²) in [6.07, 6.45) is -6.66. The highest BCUT2D eigenvalue weighted by Gasteiger charge is 2.47. The molecule has 0 radical (unpaired) electrons. The Kier molecular flexibility index (Phi) is 19.5. The zero-order valence-corrected chi connectivity index (χ0v) is 45.8. The minimum atomic E-state index is -2.09. The summed E-state index contributed by atoms with van der Waals surface area (Å²) in [6.45, 7) is -0.707. The van der Waals surface area contributed by atoms with Crippen molar-refractivity contribution in [3.8, 4) is 11.4 Å². The van der Waals surface area contributed by atoms with Gasteiger partial charge in [-0.2, -0.15) is 0 Å². The number of nitrogens with one attached hydrogen (secondary N) is 7. The van der Waals surface area contributed by atoms with Gasteiger partial charge in [0.1, 0.15) is 43.5 Å². The van der Waals surface area contributed by atoms with E-state index in [1.165, 1.54) is 16.7 Å². The van der Waals surface area contributed by atoms with Gasteiger partial charge in [0.2, 0.25) is 41.4 Å². The molecule has 0 spiro atoms. The van der Waals surface area contributed by atoms with Crippen molar-refractivity contribution < 1.29 is 82.2 Å². The third-order valence-electron chi connectivity index (χ3n) is 15.3.